The van der Waals surface area contributed by atoms with Crippen LogP contribution >= 0.6 is 0 Å². The molecule has 0 saturated carbocycles. The monoisotopic (exact) mass is 580 g/mol. The molecule has 3 amide bonds. The minimum Gasteiger partial charge on any atom is -0.394 e. The van der Waals surface area contributed by atoms with E-state index >= 15 is 0 Å². The Bertz CT molecular complexity index is 1150. The Hall–Kier alpha value is -3.17. The number of anilines is 2. The van der Waals surface area contributed by atoms with Crippen molar-refractivity contribution in [2.24, 2.45) is 11.8 Å². The van der Waals surface area contributed by atoms with E-state index in [1.807, 2.05) is 38.1 Å². The van der Waals surface area contributed by atoms with Gasteiger partial charge in [-0.15, -0.1) is 13.2 Å². The third kappa shape index (κ3) is 5.26. The number of likely N-dealkylation sites (tertiary alicyclic amines) is 1. The van der Waals surface area contributed by atoms with E-state index in [1.165, 1.54) is 0 Å². The minimum absolute atomic E-state index is 0.123. The Balaban J connectivity index is 1.76. The van der Waals surface area contributed by atoms with Crippen molar-refractivity contribution in [1.82, 2.24) is 9.80 Å². The molecule has 2 bridgehead atoms. The number of hydrogen-bond donors (Lipinski definition) is 1. The van der Waals surface area contributed by atoms with E-state index in [0.29, 0.717) is 38.0 Å². The standard InChI is InChI=1S/C33H48N4O5/c1-7-19-35(20-8-2)30(39)27-26-17-18-33(42-26)28(27)31(40)37(23(10-4)22-38)29(33)32(41)36(21-9-3)25-15-13-24(14-16-25)34(11-5)12-6/h7,9,13-16,23,26-29,38H,1,3,8,10-12,17-22H2,2,4-6H3/t23-,26+,27-,28-,29?,33?/m0/s1. The summed E-state index contributed by atoms with van der Waals surface area (Å²) >= 11 is 0. The SMILES string of the molecule is C=CCN(CCC)C(=O)[C@@H]1[C@H]2C(=O)N([C@@H](CC)CO)C(C(=O)N(CC=C)c3ccc(N(CC)CC)cc3)C23CC[C@H]1O3. The average molecular weight is 581 g/mol. The zero-order valence-electron chi connectivity index (χ0n) is 25.7. The minimum atomic E-state index is -1.13. The number of carbonyl (C=O) groups is 3. The van der Waals surface area contributed by atoms with Crippen LogP contribution in [0.2, 0.25) is 0 Å². The highest BCUT2D eigenvalue weighted by Gasteiger charge is 2.75. The fraction of sp³-hybridized carbons (Fsp3) is 0.606. The molecule has 3 heterocycles. The lowest BCUT2D eigenvalue weighted by Gasteiger charge is -2.39. The molecule has 0 aliphatic carbocycles. The average Bonchev–Trinajstić information content (AvgIpc) is 3.64. The Morgan fingerprint density at radius 3 is 2.26 bits per heavy atom. The van der Waals surface area contributed by atoms with E-state index in [0.717, 1.165) is 25.2 Å². The van der Waals surface area contributed by atoms with Gasteiger partial charge < -0.3 is 29.4 Å². The molecule has 2 unspecified atom stereocenters. The van der Waals surface area contributed by atoms with Gasteiger partial charge in [0.25, 0.3) is 5.91 Å². The number of benzene rings is 1. The van der Waals surface area contributed by atoms with Crippen LogP contribution in [0.3, 0.4) is 0 Å². The van der Waals surface area contributed by atoms with Crippen molar-refractivity contribution in [1.29, 1.82) is 0 Å². The largest absolute Gasteiger partial charge is 0.394 e. The van der Waals surface area contributed by atoms with Gasteiger partial charge in [0.1, 0.15) is 11.6 Å². The molecule has 9 heteroatoms. The summed E-state index contributed by atoms with van der Waals surface area (Å²) in [6.07, 6.45) is 5.29. The lowest BCUT2D eigenvalue weighted by atomic mass is 9.70. The van der Waals surface area contributed by atoms with Crippen molar-refractivity contribution in [3.8, 4) is 0 Å². The first kappa shape index (κ1) is 31.8. The van der Waals surface area contributed by atoms with Gasteiger partial charge in [-0.3, -0.25) is 14.4 Å². The van der Waals surface area contributed by atoms with Gasteiger partial charge >= 0.3 is 0 Å². The van der Waals surface area contributed by atoms with E-state index in [1.54, 1.807) is 26.9 Å². The first-order chi connectivity index (χ1) is 20.3. The van der Waals surface area contributed by atoms with Gasteiger partial charge in [0.2, 0.25) is 11.8 Å². The molecular formula is C33H48N4O5. The van der Waals surface area contributed by atoms with Crippen molar-refractivity contribution in [3.05, 3.63) is 49.6 Å². The lowest BCUT2D eigenvalue weighted by molar-refractivity contribution is -0.147. The Labute approximate surface area is 250 Å². The summed E-state index contributed by atoms with van der Waals surface area (Å²) in [5.74, 6) is -2.13. The summed E-state index contributed by atoms with van der Waals surface area (Å²) < 4.78 is 6.64. The highest BCUT2D eigenvalue weighted by molar-refractivity contribution is 6.05. The highest BCUT2D eigenvalue weighted by Crippen LogP contribution is 2.59. The highest BCUT2D eigenvalue weighted by atomic mass is 16.5. The molecule has 0 radical (unpaired) electrons. The number of ether oxygens (including phenoxy) is 1. The second kappa shape index (κ2) is 13.4. The van der Waals surface area contributed by atoms with Crippen molar-refractivity contribution in [2.45, 2.75) is 77.2 Å². The van der Waals surface area contributed by atoms with Crippen LogP contribution in [0, 0.1) is 11.8 Å². The van der Waals surface area contributed by atoms with Gasteiger partial charge in [-0.25, -0.2) is 0 Å². The third-order valence-electron chi connectivity index (χ3n) is 9.35. The van der Waals surface area contributed by atoms with Gasteiger partial charge in [0, 0.05) is 44.1 Å². The Kier molecular flexibility index (Phi) is 10.1. The quantitative estimate of drug-likeness (QED) is 0.319. The molecule has 3 aliphatic rings. The Morgan fingerprint density at radius 2 is 1.71 bits per heavy atom. The summed E-state index contributed by atoms with van der Waals surface area (Å²) in [5, 5.41) is 10.4. The number of rotatable bonds is 15. The topological polar surface area (TPSA) is 93.6 Å². The van der Waals surface area contributed by atoms with Crippen LogP contribution in [0.25, 0.3) is 0 Å². The molecule has 9 nitrogen and oxygen atoms in total. The fourth-order valence-corrected chi connectivity index (χ4v) is 7.42. The predicted octanol–water partition coefficient (Wildman–Crippen LogP) is 3.62. The van der Waals surface area contributed by atoms with E-state index in [2.05, 4.69) is 31.9 Å². The van der Waals surface area contributed by atoms with Gasteiger partial charge in [-0.1, -0.05) is 26.0 Å². The maximum absolute atomic E-state index is 14.7. The zero-order valence-corrected chi connectivity index (χ0v) is 25.7. The summed E-state index contributed by atoms with van der Waals surface area (Å²) in [6, 6.07) is 6.32. The van der Waals surface area contributed by atoms with E-state index in [-0.39, 0.29) is 30.9 Å². The maximum atomic E-state index is 14.7. The number of amides is 3. The van der Waals surface area contributed by atoms with E-state index in [9.17, 15) is 19.5 Å². The van der Waals surface area contributed by atoms with Gasteiger partial charge in [-0.05, 0) is 63.8 Å². The molecule has 42 heavy (non-hydrogen) atoms. The molecule has 230 valence electrons. The van der Waals surface area contributed by atoms with E-state index < -0.39 is 35.6 Å². The van der Waals surface area contributed by atoms with Crippen molar-refractivity contribution < 1.29 is 24.2 Å². The molecule has 4 rings (SSSR count). The predicted molar refractivity (Wildman–Crippen MR) is 165 cm³/mol. The van der Waals surface area contributed by atoms with Crippen LogP contribution in [-0.4, -0.2) is 95.7 Å². The fourth-order valence-electron chi connectivity index (χ4n) is 7.42. The first-order valence-electron chi connectivity index (χ1n) is 15.6. The molecule has 3 aliphatic heterocycles. The Morgan fingerprint density at radius 1 is 1.07 bits per heavy atom. The molecule has 1 N–H and O–H groups in total. The molecule has 3 saturated heterocycles. The normalized spacial score (nSPS) is 26.6. The number of nitrogens with zero attached hydrogens (tertiary/aromatic N) is 4. The van der Waals surface area contributed by atoms with Crippen molar-refractivity contribution in [2.75, 3.05) is 49.1 Å². The number of aliphatic hydroxyl groups is 1. The third-order valence-corrected chi connectivity index (χ3v) is 9.35. The van der Waals surface area contributed by atoms with Crippen molar-refractivity contribution in [3.63, 3.8) is 0 Å². The number of carbonyl (C=O) groups excluding carboxylic acids is 3. The number of fused-ring (bicyclic) bond motifs is 1. The first-order valence-corrected chi connectivity index (χ1v) is 15.6. The summed E-state index contributed by atoms with van der Waals surface area (Å²) in [6.45, 7) is 18.5. The number of aliphatic hydroxyl groups excluding tert-OH is 1. The van der Waals surface area contributed by atoms with Gasteiger partial charge in [0.15, 0.2) is 0 Å². The van der Waals surface area contributed by atoms with E-state index in [4.69, 9.17) is 4.74 Å². The molecule has 0 aromatic heterocycles. The van der Waals surface area contributed by atoms with Crippen LogP contribution in [0.15, 0.2) is 49.6 Å². The molecule has 1 aromatic carbocycles. The van der Waals surface area contributed by atoms with Crippen LogP contribution in [0.5, 0.6) is 0 Å². The van der Waals surface area contributed by atoms with Gasteiger partial charge in [0.05, 0.1) is 30.6 Å². The van der Waals surface area contributed by atoms with Gasteiger partial charge in [-0.2, -0.15) is 0 Å². The summed E-state index contributed by atoms with van der Waals surface area (Å²) in [5.41, 5.74) is 0.627. The molecule has 6 atom stereocenters. The molecule has 1 spiro atoms. The van der Waals surface area contributed by atoms with Crippen LogP contribution in [0.4, 0.5) is 11.4 Å². The zero-order chi connectivity index (χ0) is 30.6. The molecule has 3 fully saturated rings. The molecule has 1 aromatic rings. The summed E-state index contributed by atoms with van der Waals surface area (Å²) in [4.78, 5) is 50.2. The lowest BCUT2D eigenvalue weighted by Crippen LogP contribution is -2.59. The summed E-state index contributed by atoms with van der Waals surface area (Å²) in [7, 11) is 0. The second-order valence-corrected chi connectivity index (χ2v) is 11.5. The molecular weight excluding hydrogens is 532 g/mol. The maximum Gasteiger partial charge on any atom is 0.253 e. The van der Waals surface area contributed by atoms with Crippen LogP contribution in [-0.2, 0) is 19.1 Å². The number of hydrogen-bond acceptors (Lipinski definition) is 6. The smallest absolute Gasteiger partial charge is 0.253 e. The van der Waals surface area contributed by atoms with Crippen LogP contribution < -0.4 is 9.80 Å². The van der Waals surface area contributed by atoms with Crippen LogP contribution in [0.1, 0.15) is 53.4 Å². The van der Waals surface area contributed by atoms with Crippen molar-refractivity contribution >= 4 is 29.1 Å². The second-order valence-electron chi connectivity index (χ2n) is 11.5.